The standard InChI is InChI=1S/C10H12Cl.Au.H3P/c1-3-8-6-5-7-10(11)9(8)4-2;;/h5,7H,3-4H2,1-2H3;;1H3/q-1;+1;. The monoisotopic (exact) mass is 398 g/mol. The van der Waals surface area contributed by atoms with Crippen molar-refractivity contribution < 1.29 is 22.4 Å². The molecule has 0 saturated carbocycles. The fourth-order valence-corrected chi connectivity index (χ4v) is 1.56. The van der Waals surface area contributed by atoms with Crippen molar-refractivity contribution in [2.45, 2.75) is 26.7 Å². The minimum absolute atomic E-state index is 0. The van der Waals surface area contributed by atoms with Crippen LogP contribution in [-0.4, -0.2) is 0 Å². The van der Waals surface area contributed by atoms with Crippen LogP contribution in [0.15, 0.2) is 12.1 Å². The summed E-state index contributed by atoms with van der Waals surface area (Å²) in [5.74, 6) is 0. The Morgan fingerprint density at radius 3 is 2.31 bits per heavy atom. The maximum Gasteiger partial charge on any atom is 1.00 e. The number of rotatable bonds is 2. The molecule has 1 unspecified atom stereocenters. The van der Waals surface area contributed by atoms with Gasteiger partial charge in [0.05, 0.1) is 0 Å². The van der Waals surface area contributed by atoms with Gasteiger partial charge >= 0.3 is 22.4 Å². The summed E-state index contributed by atoms with van der Waals surface area (Å²) in [5, 5.41) is 0.878. The van der Waals surface area contributed by atoms with Gasteiger partial charge in [-0.15, -0.1) is 17.2 Å². The van der Waals surface area contributed by atoms with Gasteiger partial charge in [0.15, 0.2) is 0 Å². The van der Waals surface area contributed by atoms with Crippen LogP contribution in [0, 0.1) is 6.07 Å². The summed E-state index contributed by atoms with van der Waals surface area (Å²) in [6, 6.07) is 6.99. The molecule has 0 aromatic heterocycles. The van der Waals surface area contributed by atoms with Crippen LogP contribution in [0.1, 0.15) is 25.0 Å². The van der Waals surface area contributed by atoms with Gasteiger partial charge < -0.3 is 0 Å². The third kappa shape index (κ3) is 4.15. The van der Waals surface area contributed by atoms with Crippen LogP contribution >= 0.6 is 21.5 Å². The first-order valence-electron chi connectivity index (χ1n) is 3.97. The van der Waals surface area contributed by atoms with Crippen LogP contribution in [0.25, 0.3) is 0 Å². The summed E-state index contributed by atoms with van der Waals surface area (Å²) in [5.41, 5.74) is 2.50. The van der Waals surface area contributed by atoms with Gasteiger partial charge in [0.1, 0.15) is 0 Å². The molecule has 3 heteroatoms. The summed E-state index contributed by atoms with van der Waals surface area (Å²) in [7, 11) is 0. The molecular formula is C10H15AuClP. The van der Waals surface area contributed by atoms with Gasteiger partial charge in [-0.3, -0.25) is 0 Å². The van der Waals surface area contributed by atoms with Crippen LogP contribution in [0.2, 0.25) is 5.02 Å². The predicted octanol–water partition coefficient (Wildman–Crippen LogP) is 3.32. The van der Waals surface area contributed by atoms with E-state index in [-0.39, 0.29) is 32.3 Å². The van der Waals surface area contributed by atoms with Crippen molar-refractivity contribution >= 4 is 21.5 Å². The summed E-state index contributed by atoms with van der Waals surface area (Å²) in [6.45, 7) is 4.25. The van der Waals surface area contributed by atoms with Crippen LogP contribution in [-0.2, 0) is 35.2 Å². The molecule has 0 nitrogen and oxygen atoms in total. The van der Waals surface area contributed by atoms with E-state index in [9.17, 15) is 0 Å². The number of hydrogen-bond donors (Lipinski definition) is 0. The minimum Gasteiger partial charge on any atom is -0.180 e. The first-order chi connectivity index (χ1) is 5.29. The van der Waals surface area contributed by atoms with Crippen molar-refractivity contribution in [2.24, 2.45) is 0 Å². The first-order valence-corrected chi connectivity index (χ1v) is 4.35. The largest absolute Gasteiger partial charge is 1.00 e. The molecule has 0 amide bonds. The second-order valence-electron chi connectivity index (χ2n) is 2.49. The van der Waals surface area contributed by atoms with E-state index in [0.717, 1.165) is 17.9 Å². The molecule has 0 fully saturated rings. The zero-order valence-electron chi connectivity index (χ0n) is 7.96. The fourth-order valence-electron chi connectivity index (χ4n) is 1.24. The Bertz CT molecular complexity index is 251. The Balaban J connectivity index is 0. The zero-order valence-corrected chi connectivity index (χ0v) is 12.3. The first kappa shape index (κ1) is 16.1. The minimum atomic E-state index is 0. The van der Waals surface area contributed by atoms with Gasteiger partial charge in [-0.2, -0.15) is 33.7 Å². The number of hydrogen-bond acceptors (Lipinski definition) is 0. The van der Waals surface area contributed by atoms with Crippen LogP contribution < -0.4 is 0 Å². The summed E-state index contributed by atoms with van der Waals surface area (Å²) in [6.07, 6.45) is 2.02. The van der Waals surface area contributed by atoms with Crippen LogP contribution in [0.5, 0.6) is 0 Å². The molecule has 0 heterocycles. The zero-order chi connectivity index (χ0) is 8.27. The maximum atomic E-state index is 5.99. The Morgan fingerprint density at radius 1 is 1.31 bits per heavy atom. The smallest absolute Gasteiger partial charge is 0.180 e. The molecule has 13 heavy (non-hydrogen) atoms. The molecule has 1 aromatic carbocycles. The van der Waals surface area contributed by atoms with Crippen molar-refractivity contribution in [2.75, 3.05) is 0 Å². The van der Waals surface area contributed by atoms with Gasteiger partial charge in [-0.25, -0.2) is 0 Å². The molecule has 0 saturated heterocycles. The molecule has 0 aliphatic heterocycles. The summed E-state index contributed by atoms with van der Waals surface area (Å²) >= 11 is 5.99. The second kappa shape index (κ2) is 8.03. The van der Waals surface area contributed by atoms with Gasteiger partial charge in [-0.1, -0.05) is 31.7 Å². The molecular weight excluding hydrogens is 384 g/mol. The fraction of sp³-hybridized carbons (Fsp3) is 0.400. The molecule has 1 aromatic rings. The van der Waals surface area contributed by atoms with E-state index in [4.69, 9.17) is 11.6 Å². The molecule has 0 aliphatic carbocycles. The van der Waals surface area contributed by atoms with E-state index in [1.807, 2.05) is 12.1 Å². The normalized spacial score (nSPS) is 8.54. The molecule has 0 spiro atoms. The molecule has 78 valence electrons. The Kier molecular flexibility index (Phi) is 9.96. The van der Waals surface area contributed by atoms with Gasteiger partial charge in [0.2, 0.25) is 0 Å². The second-order valence-corrected chi connectivity index (χ2v) is 2.90. The van der Waals surface area contributed by atoms with E-state index >= 15 is 0 Å². The SMILES string of the molecule is CCc1[c-]ccc(Cl)c1CC.P.[Au+]. The van der Waals surface area contributed by atoms with Gasteiger partial charge in [0, 0.05) is 0 Å². The van der Waals surface area contributed by atoms with E-state index in [0.29, 0.717) is 0 Å². The molecule has 0 bridgehead atoms. The van der Waals surface area contributed by atoms with Crippen molar-refractivity contribution in [3.8, 4) is 0 Å². The van der Waals surface area contributed by atoms with Crippen LogP contribution in [0.4, 0.5) is 0 Å². The maximum absolute atomic E-state index is 5.99. The van der Waals surface area contributed by atoms with Crippen molar-refractivity contribution in [1.82, 2.24) is 0 Å². The van der Waals surface area contributed by atoms with E-state index < -0.39 is 0 Å². The molecule has 0 aliphatic rings. The van der Waals surface area contributed by atoms with Crippen molar-refractivity contribution in [3.63, 3.8) is 0 Å². The number of benzene rings is 1. The molecule has 0 radical (unpaired) electrons. The van der Waals surface area contributed by atoms with E-state index in [1.165, 1.54) is 11.1 Å². The molecule has 1 rings (SSSR count). The quantitative estimate of drug-likeness (QED) is 0.407. The molecule has 0 N–H and O–H groups in total. The predicted molar refractivity (Wildman–Crippen MR) is 60.1 cm³/mol. The Labute approximate surface area is 105 Å². The van der Waals surface area contributed by atoms with E-state index in [1.54, 1.807) is 0 Å². The summed E-state index contributed by atoms with van der Waals surface area (Å²) in [4.78, 5) is 0. The topological polar surface area (TPSA) is 0 Å². The van der Waals surface area contributed by atoms with Crippen molar-refractivity contribution in [3.05, 3.63) is 34.3 Å². The third-order valence-corrected chi connectivity index (χ3v) is 2.20. The van der Waals surface area contributed by atoms with Gasteiger partial charge in [-0.05, 0) is 0 Å². The Morgan fingerprint density at radius 2 is 1.92 bits per heavy atom. The van der Waals surface area contributed by atoms with E-state index in [2.05, 4.69) is 19.9 Å². The molecule has 1 atom stereocenters. The van der Waals surface area contributed by atoms with Crippen LogP contribution in [0.3, 0.4) is 0 Å². The number of halogens is 1. The van der Waals surface area contributed by atoms with Gasteiger partial charge in [0.25, 0.3) is 0 Å². The Hall–Kier alpha value is 0.680. The average molecular weight is 399 g/mol. The third-order valence-electron chi connectivity index (χ3n) is 1.85. The average Bonchev–Trinajstić information content (AvgIpc) is 2.04. The van der Waals surface area contributed by atoms with Crippen molar-refractivity contribution in [1.29, 1.82) is 0 Å². The summed E-state index contributed by atoms with van der Waals surface area (Å²) < 4.78 is 0. The number of aryl methyl sites for hydroxylation is 1.